The number of amides is 5. The number of aryl methyl sites for hydroxylation is 1. The lowest BCUT2D eigenvalue weighted by molar-refractivity contribution is -0.125. The van der Waals surface area contributed by atoms with Gasteiger partial charge in [0.25, 0.3) is 17.7 Å². The van der Waals surface area contributed by atoms with Crippen LogP contribution in [0.1, 0.15) is 85.6 Å². The number of nitrogen functional groups attached to an aromatic ring is 1. The Labute approximate surface area is 188 Å². The fraction of sp³-hybridized carbons (Fsp3) is 0.583. The molecule has 1 aliphatic carbocycles. The number of hydrogen-bond acceptors (Lipinski definition) is 5. The van der Waals surface area contributed by atoms with Gasteiger partial charge in [-0.2, -0.15) is 0 Å². The van der Waals surface area contributed by atoms with Crippen molar-refractivity contribution in [1.29, 1.82) is 0 Å². The average molecular weight is 441 g/mol. The second kappa shape index (κ2) is 8.22. The Bertz CT molecular complexity index is 978. The number of fused-ring (bicyclic) bond motifs is 1. The van der Waals surface area contributed by atoms with E-state index in [0.717, 1.165) is 37.7 Å². The van der Waals surface area contributed by atoms with Crippen molar-refractivity contribution < 1.29 is 19.2 Å². The Kier molecular flexibility index (Phi) is 5.73. The molecule has 8 heteroatoms. The summed E-state index contributed by atoms with van der Waals surface area (Å²) in [6, 6.07) is 3.09. The smallest absolute Gasteiger partial charge is 0.325 e. The maximum atomic E-state index is 13.3. The highest BCUT2D eigenvalue weighted by atomic mass is 16.2. The van der Waals surface area contributed by atoms with E-state index in [9.17, 15) is 19.2 Å². The first kappa shape index (κ1) is 22.3. The van der Waals surface area contributed by atoms with Gasteiger partial charge in [0.15, 0.2) is 0 Å². The Hall–Kier alpha value is -2.90. The van der Waals surface area contributed by atoms with E-state index >= 15 is 0 Å². The molecule has 32 heavy (non-hydrogen) atoms. The molecule has 0 unspecified atom stereocenters. The van der Waals surface area contributed by atoms with E-state index in [4.69, 9.17) is 5.73 Å². The largest absolute Gasteiger partial charge is 0.398 e. The standard InChI is InChI=1S/C24H32N4O4/c1-4-5-6-15-9-12-17(25)19-18(15)20(29)28(21(19)30)16-10-7-14(8-11-16)13-27-23(32)26-22(31)24(27,2)3/h9,12,14,16H,4-8,10-11,13,25H2,1-3H3,(H,26,31,32). The van der Waals surface area contributed by atoms with Gasteiger partial charge in [-0.3, -0.25) is 24.6 Å². The lowest BCUT2D eigenvalue weighted by atomic mass is 9.84. The van der Waals surface area contributed by atoms with Gasteiger partial charge in [0, 0.05) is 18.3 Å². The molecule has 0 aromatic heterocycles. The first-order valence-electron chi connectivity index (χ1n) is 11.6. The van der Waals surface area contributed by atoms with Crippen LogP contribution in [0.4, 0.5) is 10.5 Å². The average Bonchev–Trinajstić information content (AvgIpc) is 3.13. The number of unbranched alkanes of at least 4 members (excludes halogenated alkanes) is 1. The molecular weight excluding hydrogens is 408 g/mol. The van der Waals surface area contributed by atoms with Crippen LogP contribution in [-0.4, -0.2) is 51.7 Å². The molecule has 0 atom stereocenters. The van der Waals surface area contributed by atoms with E-state index in [1.807, 2.05) is 6.07 Å². The number of nitrogens with one attached hydrogen (secondary N) is 1. The number of carbonyl (C=O) groups is 4. The lowest BCUT2D eigenvalue weighted by Crippen LogP contribution is -2.48. The Morgan fingerprint density at radius 3 is 2.28 bits per heavy atom. The number of imide groups is 2. The summed E-state index contributed by atoms with van der Waals surface area (Å²) in [5, 5.41) is 2.39. The number of hydrogen-bond donors (Lipinski definition) is 2. The normalized spacial score (nSPS) is 24.8. The van der Waals surface area contributed by atoms with Crippen LogP contribution in [0.5, 0.6) is 0 Å². The molecule has 2 aliphatic heterocycles. The zero-order valence-electron chi connectivity index (χ0n) is 19.1. The molecule has 1 aromatic rings. The van der Waals surface area contributed by atoms with Gasteiger partial charge in [0.05, 0.1) is 11.1 Å². The van der Waals surface area contributed by atoms with Crippen LogP contribution < -0.4 is 11.1 Å². The molecule has 0 spiro atoms. The summed E-state index contributed by atoms with van der Waals surface area (Å²) >= 11 is 0. The molecule has 2 heterocycles. The van der Waals surface area contributed by atoms with E-state index in [-0.39, 0.29) is 35.7 Å². The first-order valence-corrected chi connectivity index (χ1v) is 11.6. The molecule has 1 saturated carbocycles. The van der Waals surface area contributed by atoms with Crippen LogP contribution >= 0.6 is 0 Å². The number of anilines is 1. The van der Waals surface area contributed by atoms with Crippen molar-refractivity contribution in [1.82, 2.24) is 15.1 Å². The van der Waals surface area contributed by atoms with Gasteiger partial charge in [-0.05, 0) is 69.9 Å². The summed E-state index contributed by atoms with van der Waals surface area (Å²) in [5.41, 5.74) is 7.36. The highest BCUT2D eigenvalue weighted by Crippen LogP contribution is 2.37. The van der Waals surface area contributed by atoms with Crippen molar-refractivity contribution >= 4 is 29.4 Å². The number of nitrogens with two attached hydrogens (primary N) is 1. The summed E-state index contributed by atoms with van der Waals surface area (Å²) in [4.78, 5) is 53.7. The van der Waals surface area contributed by atoms with E-state index in [0.29, 0.717) is 36.2 Å². The van der Waals surface area contributed by atoms with E-state index in [1.165, 1.54) is 4.90 Å². The molecule has 172 valence electrons. The lowest BCUT2D eigenvalue weighted by Gasteiger charge is -2.37. The highest BCUT2D eigenvalue weighted by molar-refractivity contribution is 6.24. The monoisotopic (exact) mass is 440 g/mol. The molecule has 4 rings (SSSR count). The SMILES string of the molecule is CCCCc1ccc(N)c2c1C(=O)N(C1CCC(CN3C(=O)NC(=O)C3(C)C)CC1)C2=O. The molecule has 1 saturated heterocycles. The molecule has 3 N–H and O–H groups in total. The fourth-order valence-electron chi connectivity index (χ4n) is 5.23. The minimum Gasteiger partial charge on any atom is -0.398 e. The quantitative estimate of drug-likeness (QED) is 0.401. The van der Waals surface area contributed by atoms with Crippen LogP contribution in [0, 0.1) is 5.92 Å². The van der Waals surface area contributed by atoms with Gasteiger partial charge in [0.1, 0.15) is 5.54 Å². The Morgan fingerprint density at radius 1 is 1.03 bits per heavy atom. The van der Waals surface area contributed by atoms with Gasteiger partial charge >= 0.3 is 6.03 Å². The number of rotatable bonds is 6. The van der Waals surface area contributed by atoms with Crippen LogP contribution in [0.3, 0.4) is 0 Å². The third-order valence-electron chi connectivity index (χ3n) is 7.31. The molecule has 8 nitrogen and oxygen atoms in total. The van der Waals surface area contributed by atoms with Gasteiger partial charge in [-0.15, -0.1) is 0 Å². The van der Waals surface area contributed by atoms with Gasteiger partial charge in [0.2, 0.25) is 0 Å². The third kappa shape index (κ3) is 3.55. The summed E-state index contributed by atoms with van der Waals surface area (Å²) in [7, 11) is 0. The highest BCUT2D eigenvalue weighted by Gasteiger charge is 2.47. The molecule has 5 amide bonds. The number of benzene rings is 1. The van der Waals surface area contributed by atoms with Gasteiger partial charge in [-0.25, -0.2) is 4.79 Å². The third-order valence-corrected chi connectivity index (χ3v) is 7.31. The maximum Gasteiger partial charge on any atom is 0.325 e. The fourth-order valence-corrected chi connectivity index (χ4v) is 5.23. The van der Waals surface area contributed by atoms with Crippen molar-refractivity contribution in [2.24, 2.45) is 5.92 Å². The number of urea groups is 1. The topological polar surface area (TPSA) is 113 Å². The van der Waals surface area contributed by atoms with Gasteiger partial charge < -0.3 is 10.6 Å². The summed E-state index contributed by atoms with van der Waals surface area (Å²) in [6.07, 6.45) is 5.65. The molecule has 0 bridgehead atoms. The minimum atomic E-state index is -0.858. The molecule has 3 aliphatic rings. The van der Waals surface area contributed by atoms with Crippen LogP contribution in [0.25, 0.3) is 0 Å². The summed E-state index contributed by atoms with van der Waals surface area (Å²) < 4.78 is 0. The van der Waals surface area contributed by atoms with Crippen LogP contribution in [-0.2, 0) is 11.2 Å². The zero-order valence-corrected chi connectivity index (χ0v) is 19.1. The molecular formula is C24H32N4O4. The second-order valence-corrected chi connectivity index (χ2v) is 9.75. The second-order valence-electron chi connectivity index (χ2n) is 9.75. The predicted octanol–water partition coefficient (Wildman–Crippen LogP) is 3.10. The number of nitrogens with zero attached hydrogens (tertiary/aromatic N) is 2. The van der Waals surface area contributed by atoms with E-state index in [2.05, 4.69) is 12.2 Å². The van der Waals surface area contributed by atoms with Crippen molar-refractivity contribution in [2.75, 3.05) is 12.3 Å². The minimum absolute atomic E-state index is 0.167. The van der Waals surface area contributed by atoms with Crippen LogP contribution in [0.2, 0.25) is 0 Å². The maximum absolute atomic E-state index is 13.3. The van der Waals surface area contributed by atoms with Crippen LogP contribution in [0.15, 0.2) is 12.1 Å². The first-order chi connectivity index (χ1) is 15.2. The predicted molar refractivity (Wildman–Crippen MR) is 120 cm³/mol. The zero-order chi connectivity index (χ0) is 23.2. The van der Waals surface area contributed by atoms with Crippen molar-refractivity contribution in [3.63, 3.8) is 0 Å². The van der Waals surface area contributed by atoms with Crippen molar-refractivity contribution in [3.05, 3.63) is 28.8 Å². The Balaban J connectivity index is 1.46. The van der Waals surface area contributed by atoms with E-state index in [1.54, 1.807) is 24.8 Å². The molecule has 0 radical (unpaired) electrons. The summed E-state index contributed by atoms with van der Waals surface area (Å²) in [6.45, 7) is 6.09. The van der Waals surface area contributed by atoms with Crippen molar-refractivity contribution in [2.45, 2.75) is 77.3 Å². The molecule has 2 fully saturated rings. The number of carbonyl (C=O) groups excluding carboxylic acids is 4. The van der Waals surface area contributed by atoms with Crippen molar-refractivity contribution in [3.8, 4) is 0 Å². The van der Waals surface area contributed by atoms with E-state index < -0.39 is 5.54 Å². The summed E-state index contributed by atoms with van der Waals surface area (Å²) in [5.74, 6) is -0.561. The molecule has 1 aromatic carbocycles. The van der Waals surface area contributed by atoms with Gasteiger partial charge in [-0.1, -0.05) is 19.4 Å². The Morgan fingerprint density at radius 2 is 1.69 bits per heavy atom.